The van der Waals surface area contributed by atoms with E-state index in [1.165, 1.54) is 33.4 Å². The fourth-order valence-corrected chi connectivity index (χ4v) is 2.97. The molecule has 0 spiro atoms. The average molecular weight is 241 g/mol. The van der Waals surface area contributed by atoms with Crippen LogP contribution in [0.15, 0.2) is 66.7 Å². The first-order valence-electron chi connectivity index (χ1n) is 6.61. The molecule has 0 atom stereocenters. The smallest absolute Gasteiger partial charge is 0.000728 e. The Kier molecular flexibility index (Phi) is 2.28. The van der Waals surface area contributed by atoms with Crippen LogP contribution in [0.3, 0.4) is 0 Å². The van der Waals surface area contributed by atoms with E-state index in [-0.39, 0.29) is 0 Å². The van der Waals surface area contributed by atoms with E-state index in [4.69, 9.17) is 0 Å². The molecule has 0 heteroatoms. The number of hydrogen-bond donors (Lipinski definition) is 0. The van der Waals surface area contributed by atoms with Crippen molar-refractivity contribution in [2.75, 3.05) is 0 Å². The van der Waals surface area contributed by atoms with Crippen molar-refractivity contribution in [3.8, 4) is 22.3 Å². The van der Waals surface area contributed by atoms with Crippen LogP contribution >= 0.6 is 0 Å². The van der Waals surface area contributed by atoms with Gasteiger partial charge in [0.1, 0.15) is 0 Å². The Morgan fingerprint density at radius 2 is 1.47 bits per heavy atom. The lowest BCUT2D eigenvalue weighted by Gasteiger charge is -2.08. The molecule has 0 saturated carbocycles. The summed E-state index contributed by atoms with van der Waals surface area (Å²) in [5, 5.41) is 0. The van der Waals surface area contributed by atoms with Gasteiger partial charge in [0.15, 0.2) is 0 Å². The maximum absolute atomic E-state index is 3.34. The second-order valence-electron chi connectivity index (χ2n) is 4.94. The van der Waals surface area contributed by atoms with Gasteiger partial charge in [0.05, 0.1) is 0 Å². The summed E-state index contributed by atoms with van der Waals surface area (Å²) in [4.78, 5) is 0. The monoisotopic (exact) mass is 241 g/mol. The molecule has 0 aromatic heterocycles. The molecule has 0 heterocycles. The second-order valence-corrected chi connectivity index (χ2v) is 4.94. The number of fused-ring (bicyclic) bond motifs is 3. The van der Waals surface area contributed by atoms with Crippen LogP contribution in [0.4, 0.5) is 0 Å². The maximum atomic E-state index is 3.34. The van der Waals surface area contributed by atoms with Crippen molar-refractivity contribution in [1.82, 2.24) is 0 Å². The minimum absolute atomic E-state index is 1.03. The molecule has 0 N–H and O–H groups in total. The van der Waals surface area contributed by atoms with Crippen molar-refractivity contribution in [3.05, 3.63) is 83.9 Å². The average Bonchev–Trinajstić information content (AvgIpc) is 2.87. The van der Waals surface area contributed by atoms with Crippen molar-refractivity contribution >= 4 is 0 Å². The summed E-state index contributed by atoms with van der Waals surface area (Å²) in [5.41, 5.74) is 8.13. The van der Waals surface area contributed by atoms with Crippen molar-refractivity contribution in [2.45, 2.75) is 6.42 Å². The Labute approximate surface area is 113 Å². The molecule has 0 nitrogen and oxygen atoms in total. The molecule has 1 radical (unpaired) electrons. The van der Waals surface area contributed by atoms with Crippen LogP contribution in [0.25, 0.3) is 22.3 Å². The molecule has 0 unspecified atom stereocenters. The van der Waals surface area contributed by atoms with Gasteiger partial charge in [-0.05, 0) is 45.9 Å². The highest BCUT2D eigenvalue weighted by Gasteiger charge is 2.20. The first-order valence-corrected chi connectivity index (χ1v) is 6.61. The van der Waals surface area contributed by atoms with E-state index in [2.05, 4.69) is 60.7 Å². The van der Waals surface area contributed by atoms with E-state index >= 15 is 0 Å². The Hall–Kier alpha value is -2.34. The summed E-state index contributed by atoms with van der Waals surface area (Å²) in [6.07, 6.45) is 1.03. The number of hydrogen-bond acceptors (Lipinski definition) is 0. The van der Waals surface area contributed by atoms with E-state index in [1.807, 2.05) is 12.1 Å². The lowest BCUT2D eigenvalue weighted by Crippen LogP contribution is -1.87. The molecule has 0 bridgehead atoms. The molecule has 0 amide bonds. The topological polar surface area (TPSA) is 0 Å². The number of rotatable bonds is 1. The van der Waals surface area contributed by atoms with Gasteiger partial charge < -0.3 is 0 Å². The first kappa shape index (κ1) is 10.6. The lowest BCUT2D eigenvalue weighted by molar-refractivity contribution is 1.26. The quantitative estimate of drug-likeness (QED) is 0.452. The zero-order valence-electron chi connectivity index (χ0n) is 10.6. The van der Waals surface area contributed by atoms with Crippen LogP contribution in [0.5, 0.6) is 0 Å². The molecule has 0 fully saturated rings. The molecule has 4 rings (SSSR count). The normalized spacial score (nSPS) is 12.0. The zero-order valence-corrected chi connectivity index (χ0v) is 10.6. The Morgan fingerprint density at radius 3 is 2.37 bits per heavy atom. The van der Waals surface area contributed by atoms with E-state index < -0.39 is 0 Å². The highest BCUT2D eigenvalue weighted by atomic mass is 14.2. The van der Waals surface area contributed by atoms with Crippen LogP contribution in [0.1, 0.15) is 11.1 Å². The molecule has 19 heavy (non-hydrogen) atoms. The zero-order chi connectivity index (χ0) is 12.7. The van der Waals surface area contributed by atoms with Gasteiger partial charge >= 0.3 is 0 Å². The predicted octanol–water partition coefficient (Wildman–Crippen LogP) is 4.72. The summed E-state index contributed by atoms with van der Waals surface area (Å²) in [6.45, 7) is 0. The summed E-state index contributed by atoms with van der Waals surface area (Å²) < 4.78 is 0. The third-order valence-electron chi connectivity index (χ3n) is 3.85. The van der Waals surface area contributed by atoms with Crippen molar-refractivity contribution in [2.24, 2.45) is 0 Å². The van der Waals surface area contributed by atoms with Crippen molar-refractivity contribution in [1.29, 1.82) is 0 Å². The number of benzene rings is 3. The Morgan fingerprint density at radius 1 is 0.684 bits per heavy atom. The summed E-state index contributed by atoms with van der Waals surface area (Å²) in [6, 6.07) is 26.8. The molecule has 3 aromatic rings. The van der Waals surface area contributed by atoms with E-state index in [1.54, 1.807) is 0 Å². The van der Waals surface area contributed by atoms with Crippen LogP contribution < -0.4 is 0 Å². The molecule has 3 aromatic carbocycles. The van der Waals surface area contributed by atoms with Gasteiger partial charge in [-0.1, -0.05) is 66.7 Å². The lowest BCUT2D eigenvalue weighted by atomic mass is 9.96. The predicted molar refractivity (Wildman–Crippen MR) is 79.0 cm³/mol. The minimum atomic E-state index is 1.03. The highest BCUT2D eigenvalue weighted by molar-refractivity contribution is 5.84. The maximum Gasteiger partial charge on any atom is -0.000728 e. The van der Waals surface area contributed by atoms with E-state index in [9.17, 15) is 0 Å². The van der Waals surface area contributed by atoms with Crippen LogP contribution in [-0.2, 0) is 6.42 Å². The first-order chi connectivity index (χ1) is 9.43. The third-order valence-corrected chi connectivity index (χ3v) is 3.85. The molecule has 0 aliphatic heterocycles. The Bertz CT molecular complexity index is 739. The van der Waals surface area contributed by atoms with Crippen LogP contribution in [-0.4, -0.2) is 0 Å². The molecule has 1 aliphatic carbocycles. The molecular weight excluding hydrogens is 228 g/mol. The van der Waals surface area contributed by atoms with Gasteiger partial charge in [-0.15, -0.1) is 0 Å². The van der Waals surface area contributed by atoms with Crippen molar-refractivity contribution < 1.29 is 0 Å². The van der Waals surface area contributed by atoms with Gasteiger partial charge in [-0.2, -0.15) is 0 Å². The summed E-state index contributed by atoms with van der Waals surface area (Å²) in [7, 11) is 0. The van der Waals surface area contributed by atoms with Crippen molar-refractivity contribution in [3.63, 3.8) is 0 Å². The summed E-state index contributed by atoms with van der Waals surface area (Å²) >= 11 is 0. The summed E-state index contributed by atoms with van der Waals surface area (Å²) in [5.74, 6) is 0. The second kappa shape index (κ2) is 4.10. The molecule has 1 aliphatic rings. The largest absolute Gasteiger partial charge is 0.0619 e. The SMILES string of the molecule is [c]1ccccc1-c1cccc2c1Cc1ccccc1-2. The minimum Gasteiger partial charge on any atom is -0.0619 e. The fraction of sp³-hybridized carbons (Fsp3) is 0.0526. The fourth-order valence-electron chi connectivity index (χ4n) is 2.97. The standard InChI is InChI=1S/C19H13/c1-2-7-14(8-3-1)16-11-6-12-18-17-10-5-4-9-15(17)13-19(16)18/h1-7,9-12H,13H2. The van der Waals surface area contributed by atoms with E-state index in [0.29, 0.717) is 0 Å². The van der Waals surface area contributed by atoms with Gasteiger partial charge in [-0.25, -0.2) is 0 Å². The van der Waals surface area contributed by atoms with Crippen LogP contribution in [0.2, 0.25) is 0 Å². The molecule has 0 saturated heterocycles. The van der Waals surface area contributed by atoms with E-state index in [0.717, 1.165) is 6.42 Å². The Balaban J connectivity index is 1.95. The highest BCUT2D eigenvalue weighted by Crippen LogP contribution is 2.41. The van der Waals surface area contributed by atoms with Gasteiger partial charge in [0.25, 0.3) is 0 Å². The molecular formula is C19H13. The molecule has 89 valence electrons. The van der Waals surface area contributed by atoms with Crippen LogP contribution in [0, 0.1) is 6.07 Å². The van der Waals surface area contributed by atoms with Gasteiger partial charge in [0.2, 0.25) is 0 Å². The van der Waals surface area contributed by atoms with Gasteiger partial charge in [0, 0.05) is 0 Å². The third kappa shape index (κ3) is 1.61. The van der Waals surface area contributed by atoms with Gasteiger partial charge in [-0.3, -0.25) is 0 Å².